The van der Waals surface area contributed by atoms with Crippen LogP contribution in [0, 0.1) is 11.8 Å². The van der Waals surface area contributed by atoms with Crippen LogP contribution in [0.2, 0.25) is 0 Å². The molecule has 0 aromatic heterocycles. The lowest BCUT2D eigenvalue weighted by molar-refractivity contribution is -0.109. The van der Waals surface area contributed by atoms with E-state index in [9.17, 15) is 4.79 Å². The number of nitrogens with two attached hydrogens (primary N) is 1. The molecule has 0 unspecified atom stereocenters. The first kappa shape index (κ1) is 13.5. The van der Waals surface area contributed by atoms with Gasteiger partial charge in [-0.1, -0.05) is 23.6 Å². The topological polar surface area (TPSA) is 52.3 Å². The van der Waals surface area contributed by atoms with Crippen LogP contribution in [0.5, 0.6) is 5.75 Å². The summed E-state index contributed by atoms with van der Waals surface area (Å²) in [6.07, 6.45) is 0.676. The van der Waals surface area contributed by atoms with Crippen molar-refractivity contribution in [1.29, 1.82) is 0 Å². The van der Waals surface area contributed by atoms with Crippen molar-refractivity contribution in [2.45, 2.75) is 13.3 Å². The van der Waals surface area contributed by atoms with Gasteiger partial charge >= 0.3 is 0 Å². The van der Waals surface area contributed by atoms with Gasteiger partial charge in [-0.15, -0.1) is 0 Å². The number of carbonyl (C=O) groups excluding carboxylic acids is 1. The molecule has 2 N–H and O–H groups in total. The monoisotopic (exact) mass is 249 g/mol. The van der Waals surface area contributed by atoms with Gasteiger partial charge in [0, 0.05) is 30.7 Å². The zero-order chi connectivity index (χ0) is 12.7. The molecule has 1 rings (SSSR count). The van der Waals surface area contributed by atoms with Gasteiger partial charge in [-0.2, -0.15) is 0 Å². The number of benzene rings is 1. The van der Waals surface area contributed by atoms with Crippen LogP contribution in [0.3, 0.4) is 0 Å². The third-order valence-electron chi connectivity index (χ3n) is 2.01. The molecule has 0 amide bonds. The van der Waals surface area contributed by atoms with E-state index in [1.54, 1.807) is 20.1 Å². The first-order valence-corrected chi connectivity index (χ1v) is 6.18. The van der Waals surface area contributed by atoms with E-state index in [4.69, 9.17) is 10.5 Å². The molecule has 0 aliphatic carbocycles. The number of thioether (sulfide) groups is 1. The highest BCUT2D eigenvalue weighted by molar-refractivity contribution is 8.13. The normalized spacial score (nSPS) is 9.29. The summed E-state index contributed by atoms with van der Waals surface area (Å²) in [5.74, 6) is 7.42. The Kier molecular flexibility index (Phi) is 5.44. The lowest BCUT2D eigenvalue weighted by Crippen LogP contribution is -1.92. The van der Waals surface area contributed by atoms with Crippen molar-refractivity contribution in [2.24, 2.45) is 0 Å². The van der Waals surface area contributed by atoms with Crippen LogP contribution in [0.4, 0.5) is 5.69 Å². The van der Waals surface area contributed by atoms with Crippen molar-refractivity contribution in [3.8, 4) is 17.6 Å². The highest BCUT2D eigenvalue weighted by Crippen LogP contribution is 2.18. The number of methoxy groups -OCH3 is 1. The van der Waals surface area contributed by atoms with Crippen molar-refractivity contribution in [2.75, 3.05) is 18.6 Å². The maximum atomic E-state index is 10.7. The fraction of sp³-hybridized carbons (Fsp3) is 0.308. The molecule has 4 heteroatoms. The number of hydrogen-bond acceptors (Lipinski definition) is 4. The van der Waals surface area contributed by atoms with Gasteiger partial charge in [0.2, 0.25) is 0 Å². The summed E-state index contributed by atoms with van der Waals surface area (Å²) >= 11 is 1.28. The molecule has 3 nitrogen and oxygen atoms in total. The molecule has 1 aromatic rings. The molecule has 0 saturated heterocycles. The van der Waals surface area contributed by atoms with E-state index in [1.807, 2.05) is 12.1 Å². The summed E-state index contributed by atoms with van der Waals surface area (Å²) in [6, 6.07) is 5.40. The van der Waals surface area contributed by atoms with Crippen LogP contribution < -0.4 is 10.5 Å². The summed E-state index contributed by atoms with van der Waals surface area (Å²) in [5, 5.41) is 0.121. The summed E-state index contributed by atoms with van der Waals surface area (Å²) in [5.41, 5.74) is 7.22. The number of nitrogen functional groups attached to an aromatic ring is 1. The molecule has 0 fully saturated rings. The first-order valence-electron chi connectivity index (χ1n) is 5.19. The molecule has 90 valence electrons. The van der Waals surface area contributed by atoms with Gasteiger partial charge in [-0.3, -0.25) is 4.79 Å². The Bertz CT molecular complexity index is 460. The summed E-state index contributed by atoms with van der Waals surface area (Å²) < 4.78 is 5.05. The van der Waals surface area contributed by atoms with Crippen LogP contribution in [0.25, 0.3) is 0 Å². The largest absolute Gasteiger partial charge is 0.497 e. The second-order valence-corrected chi connectivity index (χ2v) is 4.62. The smallest absolute Gasteiger partial charge is 0.185 e. The van der Waals surface area contributed by atoms with E-state index in [0.29, 0.717) is 12.1 Å². The molecule has 17 heavy (non-hydrogen) atoms. The first-order chi connectivity index (χ1) is 8.13. The zero-order valence-electron chi connectivity index (χ0n) is 9.95. The van der Waals surface area contributed by atoms with Crippen molar-refractivity contribution < 1.29 is 9.53 Å². The lowest BCUT2D eigenvalue weighted by atomic mass is 10.2. The Hall–Kier alpha value is -1.60. The van der Waals surface area contributed by atoms with Crippen molar-refractivity contribution in [1.82, 2.24) is 0 Å². The average Bonchev–Trinajstić information content (AvgIpc) is 2.30. The minimum Gasteiger partial charge on any atom is -0.497 e. The van der Waals surface area contributed by atoms with Crippen LogP contribution >= 0.6 is 11.8 Å². The quantitative estimate of drug-likeness (QED) is 0.507. The Morgan fingerprint density at radius 1 is 1.53 bits per heavy atom. The van der Waals surface area contributed by atoms with Crippen molar-refractivity contribution >= 4 is 22.6 Å². The molecular formula is C13H15NO2S. The minimum absolute atomic E-state index is 0.121. The molecule has 0 aliphatic rings. The van der Waals surface area contributed by atoms with E-state index in [0.717, 1.165) is 17.1 Å². The fourth-order valence-electron chi connectivity index (χ4n) is 1.19. The highest BCUT2D eigenvalue weighted by atomic mass is 32.2. The van der Waals surface area contributed by atoms with Crippen molar-refractivity contribution in [3.05, 3.63) is 23.8 Å². The van der Waals surface area contributed by atoms with Gasteiger partial charge in [-0.05, 0) is 12.1 Å². The maximum Gasteiger partial charge on any atom is 0.185 e. The molecule has 0 heterocycles. The van der Waals surface area contributed by atoms with Crippen LogP contribution in [0.1, 0.15) is 18.9 Å². The second-order valence-electron chi connectivity index (χ2n) is 3.35. The molecular weight excluding hydrogens is 234 g/mol. The van der Waals surface area contributed by atoms with E-state index >= 15 is 0 Å². The molecule has 0 aliphatic heterocycles. The van der Waals surface area contributed by atoms with E-state index in [2.05, 4.69) is 11.8 Å². The summed E-state index contributed by atoms with van der Waals surface area (Å²) in [7, 11) is 1.60. The minimum atomic E-state index is 0.121. The highest BCUT2D eigenvalue weighted by Gasteiger charge is 1.97. The number of anilines is 1. The Morgan fingerprint density at radius 2 is 2.29 bits per heavy atom. The van der Waals surface area contributed by atoms with Crippen LogP contribution in [-0.2, 0) is 4.79 Å². The molecule has 0 spiro atoms. The number of ether oxygens (including phenoxy) is 1. The SMILES string of the molecule is COc1ccc(C#CCCSC(C)=O)c(N)c1. The standard InChI is InChI=1S/C13H15NO2S/c1-10(15)17-8-4-3-5-11-6-7-12(16-2)9-13(11)14/h6-7,9H,4,8,14H2,1-2H3. The Morgan fingerprint density at radius 3 is 2.88 bits per heavy atom. The van der Waals surface area contributed by atoms with Gasteiger partial charge in [0.05, 0.1) is 12.8 Å². The van der Waals surface area contributed by atoms with Gasteiger partial charge in [0.1, 0.15) is 5.75 Å². The summed E-state index contributed by atoms with van der Waals surface area (Å²) in [4.78, 5) is 10.7. The zero-order valence-corrected chi connectivity index (χ0v) is 10.8. The molecule has 1 aromatic carbocycles. The van der Waals surface area contributed by atoms with Crippen molar-refractivity contribution in [3.63, 3.8) is 0 Å². The van der Waals surface area contributed by atoms with E-state index < -0.39 is 0 Å². The molecule has 0 saturated carbocycles. The molecule has 0 bridgehead atoms. The summed E-state index contributed by atoms with van der Waals surface area (Å²) in [6.45, 7) is 1.56. The predicted molar refractivity (Wildman–Crippen MR) is 72.0 cm³/mol. The molecule has 0 radical (unpaired) electrons. The van der Waals surface area contributed by atoms with Crippen LogP contribution in [-0.4, -0.2) is 18.0 Å². The number of rotatable bonds is 3. The second kappa shape index (κ2) is 6.87. The van der Waals surface area contributed by atoms with Crippen LogP contribution in [0.15, 0.2) is 18.2 Å². The predicted octanol–water partition coefficient (Wildman–Crippen LogP) is 2.30. The Balaban J connectivity index is 2.57. The van der Waals surface area contributed by atoms with Gasteiger partial charge in [0.15, 0.2) is 5.12 Å². The van der Waals surface area contributed by atoms with E-state index in [-0.39, 0.29) is 5.12 Å². The third kappa shape index (κ3) is 4.83. The lowest BCUT2D eigenvalue weighted by Gasteiger charge is -2.02. The fourth-order valence-corrected chi connectivity index (χ4v) is 1.68. The number of carbonyl (C=O) groups is 1. The maximum absolute atomic E-state index is 10.7. The van der Waals surface area contributed by atoms with Gasteiger partial charge in [0.25, 0.3) is 0 Å². The average molecular weight is 249 g/mol. The third-order valence-corrected chi connectivity index (χ3v) is 2.83. The van der Waals surface area contributed by atoms with Gasteiger partial charge < -0.3 is 10.5 Å². The number of hydrogen-bond donors (Lipinski definition) is 1. The molecule has 0 atom stereocenters. The van der Waals surface area contributed by atoms with E-state index in [1.165, 1.54) is 11.8 Å². The van der Waals surface area contributed by atoms with Gasteiger partial charge in [-0.25, -0.2) is 0 Å². The Labute approximate surface area is 106 Å².